The number of aryl methyl sites for hydroxylation is 1. The minimum Gasteiger partial charge on any atom is -0.356 e. The van der Waals surface area contributed by atoms with E-state index in [2.05, 4.69) is 39.8 Å². The minimum absolute atomic E-state index is 0.774. The molecule has 1 N–H and O–H groups in total. The van der Waals surface area contributed by atoms with Gasteiger partial charge in [0.2, 0.25) is 5.95 Å². The number of imidazole rings is 1. The second-order valence-corrected chi connectivity index (χ2v) is 5.61. The molecular formula is C15H28N4. The van der Waals surface area contributed by atoms with Crippen LogP contribution in [0.25, 0.3) is 0 Å². The molecule has 1 aliphatic heterocycles. The molecule has 108 valence electrons. The molecule has 2 heterocycles. The smallest absolute Gasteiger partial charge is 0.202 e. The molecule has 1 aromatic rings. The van der Waals surface area contributed by atoms with Crippen LogP contribution >= 0.6 is 0 Å². The highest BCUT2D eigenvalue weighted by Crippen LogP contribution is 2.16. The Bertz CT molecular complexity index is 361. The molecule has 19 heavy (non-hydrogen) atoms. The monoisotopic (exact) mass is 264 g/mol. The summed E-state index contributed by atoms with van der Waals surface area (Å²) in [5.74, 6) is 1.02. The van der Waals surface area contributed by atoms with Crippen LogP contribution in [0.3, 0.4) is 0 Å². The van der Waals surface area contributed by atoms with Crippen LogP contribution in [0.5, 0.6) is 0 Å². The maximum Gasteiger partial charge on any atom is 0.202 e. The zero-order valence-corrected chi connectivity index (χ0v) is 12.4. The van der Waals surface area contributed by atoms with E-state index < -0.39 is 0 Å². The van der Waals surface area contributed by atoms with Crippen LogP contribution in [0.2, 0.25) is 0 Å². The van der Waals surface area contributed by atoms with Crippen LogP contribution in [0.4, 0.5) is 5.95 Å². The predicted octanol–water partition coefficient (Wildman–Crippen LogP) is 2.97. The fraction of sp³-hybridized carbons (Fsp3) is 0.800. The summed E-state index contributed by atoms with van der Waals surface area (Å²) in [7, 11) is 0. The molecule has 1 aromatic heterocycles. The number of nitrogens with zero attached hydrogens (tertiary/aromatic N) is 3. The lowest BCUT2D eigenvalue weighted by Crippen LogP contribution is -2.38. The van der Waals surface area contributed by atoms with Gasteiger partial charge in [-0.2, -0.15) is 0 Å². The maximum absolute atomic E-state index is 4.37. The Hall–Kier alpha value is -1.03. The number of piperidine rings is 1. The van der Waals surface area contributed by atoms with Gasteiger partial charge in [-0.25, -0.2) is 4.98 Å². The van der Waals surface area contributed by atoms with Crippen molar-refractivity contribution in [1.82, 2.24) is 14.5 Å². The summed E-state index contributed by atoms with van der Waals surface area (Å²) < 4.78 is 2.20. The van der Waals surface area contributed by atoms with E-state index in [0.717, 1.165) is 31.5 Å². The van der Waals surface area contributed by atoms with Gasteiger partial charge in [0, 0.05) is 38.1 Å². The van der Waals surface area contributed by atoms with Crippen molar-refractivity contribution in [2.24, 2.45) is 0 Å². The molecule has 0 saturated carbocycles. The van der Waals surface area contributed by atoms with E-state index in [4.69, 9.17) is 0 Å². The minimum atomic E-state index is 0.774. The van der Waals surface area contributed by atoms with E-state index in [9.17, 15) is 0 Å². The zero-order valence-electron chi connectivity index (χ0n) is 12.4. The summed E-state index contributed by atoms with van der Waals surface area (Å²) in [5, 5.41) is 3.46. The average molecular weight is 264 g/mol. The molecule has 4 heteroatoms. The molecule has 0 amide bonds. The number of hydrogen-bond acceptors (Lipinski definition) is 3. The first-order valence-electron chi connectivity index (χ1n) is 7.80. The normalized spacial score (nSPS) is 20.6. The Balaban J connectivity index is 1.67. The highest BCUT2D eigenvalue weighted by Gasteiger charge is 2.17. The topological polar surface area (TPSA) is 33.1 Å². The lowest BCUT2D eigenvalue weighted by atomic mass is 10.0. The third-order valence-corrected chi connectivity index (χ3v) is 4.03. The van der Waals surface area contributed by atoms with Gasteiger partial charge in [-0.3, -0.25) is 0 Å². The van der Waals surface area contributed by atoms with Crippen LogP contribution in [-0.4, -0.2) is 40.1 Å². The SMILES string of the molecule is CCCn1ccnc1NCCCN1CCCCC1C. The van der Waals surface area contributed by atoms with Gasteiger partial charge >= 0.3 is 0 Å². The van der Waals surface area contributed by atoms with E-state index in [1.807, 2.05) is 6.20 Å². The molecule has 1 unspecified atom stereocenters. The summed E-state index contributed by atoms with van der Waals surface area (Å²) in [4.78, 5) is 7.00. The Kier molecular flexibility index (Phi) is 5.70. The highest BCUT2D eigenvalue weighted by molar-refractivity contribution is 5.25. The Morgan fingerprint density at radius 1 is 1.37 bits per heavy atom. The number of hydrogen-bond donors (Lipinski definition) is 1. The Labute approximate surface area is 117 Å². The summed E-state index contributed by atoms with van der Waals surface area (Å²) in [6.07, 6.45) is 10.4. The Morgan fingerprint density at radius 3 is 3.05 bits per heavy atom. The number of anilines is 1. The van der Waals surface area contributed by atoms with E-state index >= 15 is 0 Å². The van der Waals surface area contributed by atoms with E-state index in [-0.39, 0.29) is 0 Å². The number of likely N-dealkylation sites (tertiary alicyclic amines) is 1. The van der Waals surface area contributed by atoms with Crippen LogP contribution in [-0.2, 0) is 6.54 Å². The lowest BCUT2D eigenvalue weighted by Gasteiger charge is -2.33. The fourth-order valence-electron chi connectivity index (χ4n) is 2.87. The van der Waals surface area contributed by atoms with Crippen molar-refractivity contribution >= 4 is 5.95 Å². The average Bonchev–Trinajstić information content (AvgIpc) is 2.85. The van der Waals surface area contributed by atoms with Crippen molar-refractivity contribution in [3.8, 4) is 0 Å². The molecule has 0 spiro atoms. The first-order chi connectivity index (χ1) is 9.31. The molecule has 1 fully saturated rings. The van der Waals surface area contributed by atoms with Crippen molar-refractivity contribution in [3.05, 3.63) is 12.4 Å². The van der Waals surface area contributed by atoms with Crippen LogP contribution < -0.4 is 5.32 Å². The van der Waals surface area contributed by atoms with Gasteiger partial charge in [-0.05, 0) is 39.2 Å². The number of rotatable bonds is 7. The zero-order chi connectivity index (χ0) is 13.5. The van der Waals surface area contributed by atoms with Crippen LogP contribution in [0.1, 0.15) is 46.0 Å². The second kappa shape index (κ2) is 7.53. The summed E-state index contributed by atoms with van der Waals surface area (Å²) in [5.41, 5.74) is 0. The third-order valence-electron chi connectivity index (χ3n) is 4.03. The molecule has 4 nitrogen and oxygen atoms in total. The van der Waals surface area contributed by atoms with Crippen LogP contribution in [0.15, 0.2) is 12.4 Å². The predicted molar refractivity (Wildman–Crippen MR) is 80.5 cm³/mol. The van der Waals surface area contributed by atoms with Gasteiger partial charge in [-0.1, -0.05) is 13.3 Å². The molecule has 0 aromatic carbocycles. The molecule has 0 radical (unpaired) electrons. The fourth-order valence-corrected chi connectivity index (χ4v) is 2.87. The Morgan fingerprint density at radius 2 is 2.26 bits per heavy atom. The molecular weight excluding hydrogens is 236 g/mol. The largest absolute Gasteiger partial charge is 0.356 e. The van der Waals surface area contributed by atoms with Crippen molar-refractivity contribution in [2.75, 3.05) is 25.0 Å². The van der Waals surface area contributed by atoms with E-state index in [1.54, 1.807) is 0 Å². The second-order valence-electron chi connectivity index (χ2n) is 5.61. The molecule has 1 atom stereocenters. The summed E-state index contributed by atoms with van der Waals surface area (Å²) in [6.45, 7) is 9.12. The summed E-state index contributed by atoms with van der Waals surface area (Å²) in [6, 6.07) is 0.774. The molecule has 0 bridgehead atoms. The van der Waals surface area contributed by atoms with Crippen molar-refractivity contribution in [1.29, 1.82) is 0 Å². The molecule has 0 aliphatic carbocycles. The first-order valence-corrected chi connectivity index (χ1v) is 7.80. The number of nitrogens with one attached hydrogen (secondary N) is 1. The van der Waals surface area contributed by atoms with Gasteiger partial charge < -0.3 is 14.8 Å². The standard InChI is InChI=1S/C15H28N4/c1-3-10-19-13-9-17-15(19)16-8-6-12-18-11-5-4-7-14(18)2/h9,13-14H,3-8,10-12H2,1-2H3,(H,16,17). The summed E-state index contributed by atoms with van der Waals surface area (Å²) >= 11 is 0. The van der Waals surface area contributed by atoms with Crippen molar-refractivity contribution in [2.45, 2.75) is 58.5 Å². The molecule has 1 aliphatic rings. The van der Waals surface area contributed by atoms with Gasteiger partial charge in [0.05, 0.1) is 0 Å². The van der Waals surface area contributed by atoms with E-state index in [0.29, 0.717) is 0 Å². The number of aromatic nitrogens is 2. The van der Waals surface area contributed by atoms with Gasteiger partial charge in [0.15, 0.2) is 0 Å². The van der Waals surface area contributed by atoms with Crippen molar-refractivity contribution in [3.63, 3.8) is 0 Å². The van der Waals surface area contributed by atoms with E-state index in [1.165, 1.54) is 38.8 Å². The molecule has 2 rings (SSSR count). The van der Waals surface area contributed by atoms with Gasteiger partial charge in [-0.15, -0.1) is 0 Å². The maximum atomic E-state index is 4.37. The van der Waals surface area contributed by atoms with Crippen molar-refractivity contribution < 1.29 is 0 Å². The van der Waals surface area contributed by atoms with Crippen LogP contribution in [0, 0.1) is 0 Å². The van der Waals surface area contributed by atoms with Gasteiger partial charge in [0.1, 0.15) is 0 Å². The molecule has 1 saturated heterocycles. The first kappa shape index (κ1) is 14.4. The lowest BCUT2D eigenvalue weighted by molar-refractivity contribution is 0.160. The quantitative estimate of drug-likeness (QED) is 0.769. The highest BCUT2D eigenvalue weighted by atomic mass is 15.2. The third kappa shape index (κ3) is 4.23. The van der Waals surface area contributed by atoms with Gasteiger partial charge in [0.25, 0.3) is 0 Å².